The first-order valence-corrected chi connectivity index (χ1v) is 6.59. The smallest absolute Gasteiger partial charge is 0.225 e. The number of nitrogens with zero attached hydrogens (tertiary/aromatic N) is 2. The zero-order valence-electron chi connectivity index (χ0n) is 11.4. The highest BCUT2D eigenvalue weighted by Crippen LogP contribution is 2.28. The molecule has 1 aromatic heterocycles. The summed E-state index contributed by atoms with van der Waals surface area (Å²) in [4.78, 5) is 0. The summed E-state index contributed by atoms with van der Waals surface area (Å²) in [5.74, 6) is 1.03. The number of rotatable bonds is 3. The van der Waals surface area contributed by atoms with Gasteiger partial charge in [-0.2, -0.15) is 0 Å². The van der Waals surface area contributed by atoms with E-state index in [0.717, 1.165) is 5.56 Å². The molecule has 2 aromatic rings. The van der Waals surface area contributed by atoms with E-state index in [1.54, 1.807) is 0 Å². The Morgan fingerprint density at radius 2 is 2.05 bits per heavy atom. The molecule has 0 amide bonds. The SMILES string of the molecule is CC(C)(C)c1nnc(C(CN)c2cccc(Cl)c2)o1. The van der Waals surface area contributed by atoms with Crippen LogP contribution in [0.2, 0.25) is 5.02 Å². The Balaban J connectivity index is 2.35. The van der Waals surface area contributed by atoms with Crippen LogP contribution in [0, 0.1) is 0 Å². The average Bonchev–Trinajstić information content (AvgIpc) is 2.79. The molecule has 0 spiro atoms. The van der Waals surface area contributed by atoms with Gasteiger partial charge in [-0.15, -0.1) is 10.2 Å². The van der Waals surface area contributed by atoms with Gasteiger partial charge in [0, 0.05) is 17.0 Å². The normalized spacial score (nSPS) is 13.5. The standard InChI is InChI=1S/C14H18ClN3O/c1-14(2,3)13-18-17-12(19-13)11(8-16)9-5-4-6-10(15)7-9/h4-7,11H,8,16H2,1-3H3. The van der Waals surface area contributed by atoms with E-state index < -0.39 is 0 Å². The van der Waals surface area contributed by atoms with Crippen molar-refractivity contribution in [2.45, 2.75) is 32.1 Å². The lowest BCUT2D eigenvalue weighted by Gasteiger charge is -2.13. The molecule has 0 saturated heterocycles. The summed E-state index contributed by atoms with van der Waals surface area (Å²) in [5, 5.41) is 8.89. The predicted octanol–water partition coefficient (Wildman–Crippen LogP) is 3.11. The van der Waals surface area contributed by atoms with Crippen LogP contribution in [0.3, 0.4) is 0 Å². The molecule has 4 nitrogen and oxygen atoms in total. The molecule has 0 saturated carbocycles. The summed E-state index contributed by atoms with van der Waals surface area (Å²) in [6.45, 7) is 6.48. The van der Waals surface area contributed by atoms with Crippen molar-refractivity contribution in [1.29, 1.82) is 0 Å². The molecule has 1 atom stereocenters. The summed E-state index contributed by atoms with van der Waals surface area (Å²) in [5.41, 5.74) is 6.65. The van der Waals surface area contributed by atoms with E-state index in [9.17, 15) is 0 Å². The van der Waals surface area contributed by atoms with Crippen molar-refractivity contribution >= 4 is 11.6 Å². The average molecular weight is 280 g/mol. The Bertz CT molecular complexity index is 560. The molecule has 0 radical (unpaired) electrons. The third-order valence-electron chi connectivity index (χ3n) is 2.87. The van der Waals surface area contributed by atoms with Gasteiger partial charge in [0.05, 0.1) is 5.92 Å². The molecule has 1 heterocycles. The van der Waals surface area contributed by atoms with Gasteiger partial charge < -0.3 is 10.2 Å². The maximum atomic E-state index is 6.00. The molecular formula is C14H18ClN3O. The second-order valence-electron chi connectivity index (χ2n) is 5.54. The fourth-order valence-corrected chi connectivity index (χ4v) is 1.98. The van der Waals surface area contributed by atoms with E-state index in [1.165, 1.54) is 0 Å². The molecule has 2 rings (SSSR count). The monoisotopic (exact) mass is 279 g/mol. The molecule has 1 unspecified atom stereocenters. The Morgan fingerprint density at radius 1 is 1.32 bits per heavy atom. The third kappa shape index (κ3) is 3.14. The van der Waals surface area contributed by atoms with Gasteiger partial charge in [0.1, 0.15) is 0 Å². The molecule has 0 bridgehead atoms. The van der Waals surface area contributed by atoms with Gasteiger partial charge in [0.25, 0.3) is 0 Å². The van der Waals surface area contributed by atoms with Crippen molar-refractivity contribution in [2.24, 2.45) is 5.73 Å². The third-order valence-corrected chi connectivity index (χ3v) is 3.10. The zero-order chi connectivity index (χ0) is 14.0. The van der Waals surface area contributed by atoms with Crippen molar-refractivity contribution in [3.8, 4) is 0 Å². The van der Waals surface area contributed by atoms with Gasteiger partial charge in [-0.1, -0.05) is 44.5 Å². The maximum Gasteiger partial charge on any atom is 0.225 e. The largest absolute Gasteiger partial charge is 0.424 e. The van der Waals surface area contributed by atoms with Crippen LogP contribution in [0.4, 0.5) is 0 Å². The van der Waals surface area contributed by atoms with Crippen LogP contribution in [-0.4, -0.2) is 16.7 Å². The van der Waals surface area contributed by atoms with Gasteiger partial charge >= 0.3 is 0 Å². The van der Waals surface area contributed by atoms with E-state index in [4.69, 9.17) is 21.8 Å². The topological polar surface area (TPSA) is 64.9 Å². The van der Waals surface area contributed by atoms with Crippen molar-refractivity contribution in [1.82, 2.24) is 10.2 Å². The van der Waals surface area contributed by atoms with E-state index in [1.807, 2.05) is 45.0 Å². The van der Waals surface area contributed by atoms with E-state index in [-0.39, 0.29) is 11.3 Å². The minimum Gasteiger partial charge on any atom is -0.424 e. The lowest BCUT2D eigenvalue weighted by atomic mass is 9.97. The van der Waals surface area contributed by atoms with Crippen LogP contribution in [0.1, 0.15) is 44.0 Å². The summed E-state index contributed by atoms with van der Waals surface area (Å²) in [6, 6.07) is 7.55. The first kappa shape index (κ1) is 14.0. The molecule has 19 heavy (non-hydrogen) atoms. The van der Waals surface area contributed by atoms with Crippen molar-refractivity contribution in [3.63, 3.8) is 0 Å². The lowest BCUT2D eigenvalue weighted by Crippen LogP contribution is -2.14. The summed E-state index contributed by atoms with van der Waals surface area (Å²) in [7, 11) is 0. The van der Waals surface area contributed by atoms with E-state index >= 15 is 0 Å². The van der Waals surface area contributed by atoms with Crippen molar-refractivity contribution < 1.29 is 4.42 Å². The molecule has 5 heteroatoms. The van der Waals surface area contributed by atoms with Crippen molar-refractivity contribution in [2.75, 3.05) is 6.54 Å². The van der Waals surface area contributed by atoms with Gasteiger partial charge in [-0.05, 0) is 17.7 Å². The maximum absolute atomic E-state index is 6.00. The fraction of sp³-hybridized carbons (Fsp3) is 0.429. The second-order valence-corrected chi connectivity index (χ2v) is 5.98. The van der Waals surface area contributed by atoms with E-state index in [2.05, 4.69) is 10.2 Å². The lowest BCUT2D eigenvalue weighted by molar-refractivity contribution is 0.364. The highest BCUT2D eigenvalue weighted by atomic mass is 35.5. The van der Waals surface area contributed by atoms with Gasteiger partial charge in [0.2, 0.25) is 11.8 Å². The summed E-state index contributed by atoms with van der Waals surface area (Å²) >= 11 is 6.00. The van der Waals surface area contributed by atoms with Crippen LogP contribution in [0.15, 0.2) is 28.7 Å². The first-order chi connectivity index (χ1) is 8.91. The highest BCUT2D eigenvalue weighted by molar-refractivity contribution is 6.30. The molecule has 2 N–H and O–H groups in total. The van der Waals surface area contributed by atoms with Gasteiger partial charge in [-0.3, -0.25) is 0 Å². The van der Waals surface area contributed by atoms with Crippen molar-refractivity contribution in [3.05, 3.63) is 46.6 Å². The molecule has 0 aliphatic heterocycles. The predicted molar refractivity (Wildman–Crippen MR) is 75.3 cm³/mol. The van der Waals surface area contributed by atoms with Crippen LogP contribution in [0.5, 0.6) is 0 Å². The minimum absolute atomic E-state index is 0.123. The van der Waals surface area contributed by atoms with Crippen LogP contribution < -0.4 is 5.73 Å². The van der Waals surface area contributed by atoms with Gasteiger partial charge in [0.15, 0.2) is 0 Å². The van der Waals surface area contributed by atoms with Gasteiger partial charge in [-0.25, -0.2) is 0 Å². The number of halogens is 1. The highest BCUT2D eigenvalue weighted by Gasteiger charge is 2.25. The van der Waals surface area contributed by atoms with Crippen LogP contribution in [-0.2, 0) is 5.41 Å². The number of benzene rings is 1. The first-order valence-electron chi connectivity index (χ1n) is 6.21. The number of aromatic nitrogens is 2. The van der Waals surface area contributed by atoms with Crippen LogP contribution in [0.25, 0.3) is 0 Å². The second kappa shape index (κ2) is 5.31. The Labute approximate surface area is 118 Å². The number of hydrogen-bond donors (Lipinski definition) is 1. The minimum atomic E-state index is -0.168. The number of hydrogen-bond acceptors (Lipinski definition) is 4. The molecule has 0 fully saturated rings. The van der Waals surface area contributed by atoms with E-state index in [0.29, 0.717) is 23.3 Å². The Hall–Kier alpha value is -1.39. The Kier molecular flexibility index (Phi) is 3.92. The summed E-state index contributed by atoms with van der Waals surface area (Å²) in [6.07, 6.45) is 0. The molecule has 102 valence electrons. The quantitative estimate of drug-likeness (QED) is 0.937. The molecule has 0 aliphatic rings. The van der Waals surface area contributed by atoms with Crippen LogP contribution >= 0.6 is 11.6 Å². The zero-order valence-corrected chi connectivity index (χ0v) is 12.1. The fourth-order valence-electron chi connectivity index (χ4n) is 1.78. The molecule has 0 aliphatic carbocycles. The number of nitrogens with two attached hydrogens (primary N) is 1. The summed E-state index contributed by atoms with van der Waals surface area (Å²) < 4.78 is 5.75. The molecule has 1 aromatic carbocycles. The Morgan fingerprint density at radius 3 is 2.58 bits per heavy atom. The molecular weight excluding hydrogens is 262 g/mol.